The Labute approximate surface area is 143 Å². The number of para-hydroxylation sites is 1. The maximum atomic E-state index is 11.0. The highest BCUT2D eigenvalue weighted by Gasteiger charge is 2.00. The second-order valence-corrected chi connectivity index (χ2v) is 6.28. The van der Waals surface area contributed by atoms with E-state index in [1.54, 1.807) is 11.8 Å². The van der Waals surface area contributed by atoms with E-state index < -0.39 is 0 Å². The van der Waals surface area contributed by atoms with Crippen LogP contribution in [-0.4, -0.2) is 24.0 Å². The van der Waals surface area contributed by atoms with Crippen LogP contribution in [0.15, 0.2) is 35.3 Å². The molecule has 1 aromatic rings. The molecule has 0 radical (unpaired) electrons. The van der Waals surface area contributed by atoms with Gasteiger partial charge in [0.05, 0.1) is 12.8 Å². The zero-order chi connectivity index (χ0) is 16.8. The van der Waals surface area contributed by atoms with Gasteiger partial charge >= 0.3 is 5.97 Å². The van der Waals surface area contributed by atoms with Crippen molar-refractivity contribution in [3.05, 3.63) is 30.3 Å². The molecule has 23 heavy (non-hydrogen) atoms. The molecule has 0 aromatic heterocycles. The predicted molar refractivity (Wildman–Crippen MR) is 97.7 cm³/mol. The van der Waals surface area contributed by atoms with Crippen LogP contribution in [0.5, 0.6) is 0 Å². The van der Waals surface area contributed by atoms with Crippen molar-refractivity contribution in [2.45, 2.75) is 44.9 Å². The molecule has 0 amide bonds. The number of rotatable bonds is 10. The minimum Gasteiger partial charge on any atom is -0.469 e. The van der Waals surface area contributed by atoms with Crippen LogP contribution in [0.2, 0.25) is 0 Å². The number of nitrogens with zero attached hydrogens (tertiary/aromatic N) is 1. The van der Waals surface area contributed by atoms with Gasteiger partial charge < -0.3 is 10.2 Å². The normalized spacial score (nSPS) is 11.3. The van der Waals surface area contributed by atoms with Gasteiger partial charge in [0.2, 0.25) is 0 Å². The molecule has 0 bridgehead atoms. The lowest BCUT2D eigenvalue weighted by Gasteiger charge is -2.05. The molecule has 1 rings (SSSR count). The largest absolute Gasteiger partial charge is 0.469 e. The number of nitrogens with two attached hydrogens (primary N) is 1. The van der Waals surface area contributed by atoms with Gasteiger partial charge in [-0.05, 0) is 25.0 Å². The average molecular weight is 337 g/mol. The van der Waals surface area contributed by atoms with Crippen molar-refractivity contribution in [1.29, 1.82) is 0 Å². The number of amidine groups is 1. The molecule has 6 heteroatoms. The molecule has 0 aliphatic carbocycles. The minimum absolute atomic E-state index is 0.110. The first-order valence-corrected chi connectivity index (χ1v) is 9.05. The summed E-state index contributed by atoms with van der Waals surface area (Å²) in [7, 11) is 1.44. The van der Waals surface area contributed by atoms with Crippen molar-refractivity contribution in [2.24, 2.45) is 10.8 Å². The number of carbonyl (C=O) groups is 1. The van der Waals surface area contributed by atoms with Crippen LogP contribution in [-0.2, 0) is 9.53 Å². The van der Waals surface area contributed by atoms with E-state index in [-0.39, 0.29) is 5.97 Å². The standard InChI is InChI=1S/C17H27N3O2S/c1-22-16(21)13-9-4-2-3-5-10-14-23-17(20-18)19-15-11-7-6-8-12-15/h6-8,11-12H,2-5,9-10,13-14,18H2,1H3,(H,19,20). The fourth-order valence-corrected chi connectivity index (χ4v) is 2.87. The lowest BCUT2D eigenvalue weighted by atomic mass is 10.1. The molecular weight excluding hydrogens is 310 g/mol. The Hall–Kier alpha value is -1.53. The number of benzene rings is 1. The number of hydrazine groups is 1. The first-order valence-electron chi connectivity index (χ1n) is 8.06. The Morgan fingerprint density at radius 3 is 2.43 bits per heavy atom. The summed E-state index contributed by atoms with van der Waals surface area (Å²) in [6, 6.07) is 9.78. The molecule has 128 valence electrons. The Morgan fingerprint density at radius 2 is 1.78 bits per heavy atom. The summed E-state index contributed by atoms with van der Waals surface area (Å²) in [5.74, 6) is 6.40. The number of nitrogens with one attached hydrogen (secondary N) is 1. The molecule has 0 fully saturated rings. The Morgan fingerprint density at radius 1 is 1.13 bits per heavy atom. The highest BCUT2D eigenvalue weighted by molar-refractivity contribution is 8.13. The molecule has 0 saturated carbocycles. The molecule has 0 saturated heterocycles. The molecule has 3 N–H and O–H groups in total. The summed E-state index contributed by atoms with van der Waals surface area (Å²) in [6.07, 6.45) is 7.24. The number of ether oxygens (including phenoxy) is 1. The Balaban J connectivity index is 2.05. The number of methoxy groups -OCH3 is 1. The molecule has 0 spiro atoms. The van der Waals surface area contributed by atoms with E-state index in [0.717, 1.165) is 35.9 Å². The van der Waals surface area contributed by atoms with Crippen molar-refractivity contribution in [3.8, 4) is 0 Å². The van der Waals surface area contributed by atoms with Crippen LogP contribution in [0, 0.1) is 0 Å². The van der Waals surface area contributed by atoms with Gasteiger partial charge in [0.25, 0.3) is 0 Å². The second-order valence-electron chi connectivity index (χ2n) is 5.19. The summed E-state index contributed by atoms with van der Waals surface area (Å²) >= 11 is 1.64. The number of esters is 1. The Bertz CT molecular complexity index is 466. The summed E-state index contributed by atoms with van der Waals surface area (Å²) in [4.78, 5) is 15.4. The van der Waals surface area contributed by atoms with Gasteiger partial charge in [-0.2, -0.15) is 0 Å². The minimum atomic E-state index is -0.110. The highest BCUT2D eigenvalue weighted by atomic mass is 32.2. The van der Waals surface area contributed by atoms with Crippen molar-refractivity contribution < 1.29 is 9.53 Å². The Kier molecular flexibility index (Phi) is 11.0. The van der Waals surface area contributed by atoms with Gasteiger partial charge in [-0.1, -0.05) is 55.6 Å². The first-order chi connectivity index (χ1) is 11.3. The SMILES string of the molecule is COC(=O)CCCCCCCCSC(=Nc1ccccc1)NN. The van der Waals surface area contributed by atoms with Crippen LogP contribution < -0.4 is 11.3 Å². The van der Waals surface area contributed by atoms with E-state index >= 15 is 0 Å². The third kappa shape index (κ3) is 9.97. The van der Waals surface area contributed by atoms with Crippen molar-refractivity contribution in [2.75, 3.05) is 12.9 Å². The van der Waals surface area contributed by atoms with E-state index in [1.807, 2.05) is 30.3 Å². The monoisotopic (exact) mass is 337 g/mol. The van der Waals surface area contributed by atoms with Gasteiger partial charge in [0.1, 0.15) is 0 Å². The highest BCUT2D eigenvalue weighted by Crippen LogP contribution is 2.15. The zero-order valence-electron chi connectivity index (χ0n) is 13.8. The van der Waals surface area contributed by atoms with Crippen LogP contribution in [0.4, 0.5) is 5.69 Å². The van der Waals surface area contributed by atoms with Crippen molar-refractivity contribution >= 4 is 28.6 Å². The van der Waals surface area contributed by atoms with Gasteiger partial charge in [-0.15, -0.1) is 0 Å². The van der Waals surface area contributed by atoms with E-state index in [2.05, 4.69) is 15.2 Å². The number of hydrogen-bond donors (Lipinski definition) is 2. The molecule has 0 atom stereocenters. The topological polar surface area (TPSA) is 76.7 Å². The predicted octanol–water partition coefficient (Wildman–Crippen LogP) is 3.77. The summed E-state index contributed by atoms with van der Waals surface area (Å²) in [5.41, 5.74) is 3.56. The van der Waals surface area contributed by atoms with E-state index in [4.69, 9.17) is 5.84 Å². The van der Waals surface area contributed by atoms with E-state index in [9.17, 15) is 4.79 Å². The quantitative estimate of drug-likeness (QED) is 0.170. The maximum Gasteiger partial charge on any atom is 0.305 e. The molecular formula is C17H27N3O2S. The van der Waals surface area contributed by atoms with E-state index in [0.29, 0.717) is 6.42 Å². The number of thioether (sulfide) groups is 1. The molecule has 5 nitrogen and oxygen atoms in total. The zero-order valence-corrected chi connectivity index (χ0v) is 14.6. The van der Waals surface area contributed by atoms with Crippen LogP contribution >= 0.6 is 11.8 Å². The third-order valence-electron chi connectivity index (χ3n) is 3.35. The molecule has 0 aliphatic rings. The summed E-state index contributed by atoms with van der Waals surface area (Å²) in [5, 5.41) is 0.745. The van der Waals surface area contributed by atoms with Crippen molar-refractivity contribution in [3.63, 3.8) is 0 Å². The van der Waals surface area contributed by atoms with Crippen molar-refractivity contribution in [1.82, 2.24) is 5.43 Å². The fourth-order valence-electron chi connectivity index (χ4n) is 2.08. The molecule has 0 heterocycles. The van der Waals surface area contributed by atoms with Gasteiger partial charge in [-0.3, -0.25) is 4.79 Å². The number of unbranched alkanes of at least 4 members (excludes halogenated alkanes) is 5. The molecule has 0 unspecified atom stereocenters. The smallest absolute Gasteiger partial charge is 0.305 e. The summed E-state index contributed by atoms with van der Waals surface area (Å²) < 4.78 is 4.62. The van der Waals surface area contributed by atoms with Gasteiger partial charge in [0, 0.05) is 12.2 Å². The lowest BCUT2D eigenvalue weighted by Crippen LogP contribution is -2.27. The second kappa shape index (κ2) is 13.0. The first kappa shape index (κ1) is 19.5. The van der Waals surface area contributed by atoms with Crippen LogP contribution in [0.3, 0.4) is 0 Å². The van der Waals surface area contributed by atoms with Gasteiger partial charge in [-0.25, -0.2) is 10.8 Å². The molecule has 1 aromatic carbocycles. The maximum absolute atomic E-state index is 11.0. The fraction of sp³-hybridized carbons (Fsp3) is 0.529. The number of hydrogen-bond acceptors (Lipinski definition) is 5. The van der Waals surface area contributed by atoms with Gasteiger partial charge in [0.15, 0.2) is 5.17 Å². The van der Waals surface area contributed by atoms with Crippen LogP contribution in [0.25, 0.3) is 0 Å². The van der Waals surface area contributed by atoms with E-state index in [1.165, 1.54) is 26.4 Å². The lowest BCUT2D eigenvalue weighted by molar-refractivity contribution is -0.140. The number of carbonyl (C=O) groups excluding carboxylic acids is 1. The third-order valence-corrected chi connectivity index (χ3v) is 4.33. The van der Waals surface area contributed by atoms with Crippen LogP contribution in [0.1, 0.15) is 44.9 Å². The number of aliphatic imine (C=N–C) groups is 1. The summed E-state index contributed by atoms with van der Waals surface area (Å²) in [6.45, 7) is 0. The average Bonchev–Trinajstić information content (AvgIpc) is 2.59. The molecule has 0 aliphatic heterocycles.